The summed E-state index contributed by atoms with van der Waals surface area (Å²) in [5, 5.41) is 0. The second kappa shape index (κ2) is 8.40. The topological polar surface area (TPSA) is 17.1 Å². The third-order valence-corrected chi connectivity index (χ3v) is 10.9. The predicted octanol–water partition coefficient (Wildman–Crippen LogP) is 8.23. The lowest BCUT2D eigenvalue weighted by atomic mass is 9.46. The molecule has 0 saturated heterocycles. The van der Waals surface area contributed by atoms with Crippen molar-refractivity contribution >= 4 is 5.78 Å². The van der Waals surface area contributed by atoms with Crippen LogP contribution < -0.4 is 0 Å². The molecule has 1 heteroatoms. The largest absolute Gasteiger partial charge is 0.300 e. The van der Waals surface area contributed by atoms with Gasteiger partial charge in [0.25, 0.3) is 0 Å². The van der Waals surface area contributed by atoms with Gasteiger partial charge < -0.3 is 0 Å². The summed E-state index contributed by atoms with van der Waals surface area (Å²) in [5.41, 5.74) is 2.63. The van der Waals surface area contributed by atoms with Crippen molar-refractivity contribution in [3.05, 3.63) is 11.6 Å². The Morgan fingerprint density at radius 2 is 1.80 bits per heavy atom. The third-order valence-electron chi connectivity index (χ3n) is 10.9. The van der Waals surface area contributed by atoms with Crippen LogP contribution in [0.2, 0.25) is 0 Å². The molecule has 0 aromatic carbocycles. The van der Waals surface area contributed by atoms with Crippen LogP contribution in [-0.4, -0.2) is 5.78 Å². The molecule has 0 amide bonds. The molecule has 0 aliphatic heterocycles. The van der Waals surface area contributed by atoms with Crippen molar-refractivity contribution in [1.82, 2.24) is 0 Å². The van der Waals surface area contributed by atoms with E-state index in [1.165, 1.54) is 57.8 Å². The number of fused-ring (bicyclic) bond motifs is 5. The molecule has 3 saturated carbocycles. The van der Waals surface area contributed by atoms with Crippen LogP contribution in [-0.2, 0) is 4.79 Å². The van der Waals surface area contributed by atoms with Gasteiger partial charge in [0.05, 0.1) is 0 Å². The Bertz CT molecular complexity index is 674. The van der Waals surface area contributed by atoms with E-state index in [9.17, 15) is 4.79 Å². The van der Waals surface area contributed by atoms with E-state index in [1.807, 2.05) is 6.92 Å². The van der Waals surface area contributed by atoms with Crippen LogP contribution in [0.1, 0.15) is 112 Å². The van der Waals surface area contributed by atoms with Crippen LogP contribution in [0.15, 0.2) is 11.6 Å². The number of allylic oxidation sites excluding steroid dienone is 2. The molecule has 3 fully saturated rings. The maximum absolute atomic E-state index is 12.0. The molecule has 0 aromatic rings. The summed E-state index contributed by atoms with van der Waals surface area (Å²) in [5.74, 6) is 6.13. The van der Waals surface area contributed by atoms with E-state index < -0.39 is 0 Å². The first-order valence-corrected chi connectivity index (χ1v) is 13.4. The SMILES string of the molecule is CC(=O)C1CC[C@@]2(C)C(=CC[C@H]3[C@@H]4CC[C@H]([C@H](C)CCCC(C)C)[C@@]4(C)CC[C@@H]32)C1. The summed E-state index contributed by atoms with van der Waals surface area (Å²) < 4.78 is 0. The summed E-state index contributed by atoms with van der Waals surface area (Å²) in [4.78, 5) is 12.0. The summed E-state index contributed by atoms with van der Waals surface area (Å²) in [7, 11) is 0. The number of hydrogen-bond acceptors (Lipinski definition) is 1. The summed E-state index contributed by atoms with van der Waals surface area (Å²) in [6.45, 7) is 14.4. The minimum atomic E-state index is 0.303. The van der Waals surface area contributed by atoms with Crippen LogP contribution in [0.3, 0.4) is 0 Å². The van der Waals surface area contributed by atoms with E-state index in [1.54, 1.807) is 5.57 Å². The van der Waals surface area contributed by atoms with Crippen molar-refractivity contribution in [2.24, 2.45) is 52.3 Å². The highest BCUT2D eigenvalue weighted by Crippen LogP contribution is 2.67. The second-order valence-electron chi connectivity index (χ2n) is 12.8. The summed E-state index contributed by atoms with van der Waals surface area (Å²) >= 11 is 0. The first-order valence-electron chi connectivity index (χ1n) is 13.4. The zero-order valence-electron chi connectivity index (χ0n) is 20.8. The monoisotopic (exact) mass is 412 g/mol. The highest BCUT2D eigenvalue weighted by molar-refractivity contribution is 5.78. The smallest absolute Gasteiger partial charge is 0.133 e. The molecule has 30 heavy (non-hydrogen) atoms. The van der Waals surface area contributed by atoms with Gasteiger partial charge in [-0.1, -0.05) is 65.5 Å². The van der Waals surface area contributed by atoms with Gasteiger partial charge in [-0.15, -0.1) is 0 Å². The van der Waals surface area contributed by atoms with Gasteiger partial charge in [-0.2, -0.15) is 0 Å². The molecule has 4 aliphatic carbocycles. The molecular formula is C29H48O. The Balaban J connectivity index is 1.49. The number of ketones is 1. The van der Waals surface area contributed by atoms with Crippen molar-refractivity contribution in [3.63, 3.8) is 0 Å². The van der Waals surface area contributed by atoms with E-state index in [-0.39, 0.29) is 0 Å². The van der Waals surface area contributed by atoms with E-state index >= 15 is 0 Å². The fourth-order valence-electron chi connectivity index (χ4n) is 9.03. The molecule has 0 bridgehead atoms. The van der Waals surface area contributed by atoms with Crippen molar-refractivity contribution in [2.45, 2.75) is 112 Å². The number of hydrogen-bond donors (Lipinski definition) is 0. The zero-order chi connectivity index (χ0) is 21.7. The molecule has 170 valence electrons. The highest BCUT2D eigenvalue weighted by Gasteiger charge is 2.59. The standard InChI is InChI=1S/C29H48O/c1-19(2)8-7-9-20(3)25-12-13-26-24-11-10-23-18-22(21(4)30)14-16-28(23,5)27(24)15-17-29(25,26)6/h10,19-20,22,24-27H,7-9,11-18H2,1-6H3/t20-,22?,24+,25-,26+,27+,28+,29-/m1/s1. The third kappa shape index (κ3) is 3.75. The average Bonchev–Trinajstić information content (AvgIpc) is 3.04. The fraction of sp³-hybridized carbons (Fsp3) is 0.897. The van der Waals surface area contributed by atoms with E-state index in [0.717, 1.165) is 48.3 Å². The lowest BCUT2D eigenvalue weighted by molar-refractivity contribution is -0.122. The number of carbonyl (C=O) groups is 1. The van der Waals surface area contributed by atoms with Crippen LogP contribution in [0, 0.1) is 52.3 Å². The number of rotatable bonds is 6. The van der Waals surface area contributed by atoms with Gasteiger partial charge in [0.15, 0.2) is 0 Å². The lowest BCUT2D eigenvalue weighted by Gasteiger charge is -2.58. The Hall–Kier alpha value is -0.590. The van der Waals surface area contributed by atoms with Gasteiger partial charge in [-0.05, 0) is 105 Å². The van der Waals surface area contributed by atoms with E-state index in [2.05, 4.69) is 40.7 Å². The molecule has 4 aliphatic rings. The Kier molecular flexibility index (Phi) is 6.33. The van der Waals surface area contributed by atoms with Crippen LogP contribution >= 0.6 is 0 Å². The minimum Gasteiger partial charge on any atom is -0.300 e. The highest BCUT2D eigenvalue weighted by atomic mass is 16.1. The molecule has 0 spiro atoms. The quantitative estimate of drug-likeness (QED) is 0.401. The minimum absolute atomic E-state index is 0.303. The van der Waals surface area contributed by atoms with Crippen molar-refractivity contribution in [1.29, 1.82) is 0 Å². The van der Waals surface area contributed by atoms with Gasteiger partial charge in [0, 0.05) is 5.92 Å². The molecule has 1 nitrogen and oxygen atoms in total. The van der Waals surface area contributed by atoms with Gasteiger partial charge in [-0.25, -0.2) is 0 Å². The molecule has 1 unspecified atom stereocenters. The maximum atomic E-state index is 12.0. The fourth-order valence-corrected chi connectivity index (χ4v) is 9.03. The summed E-state index contributed by atoms with van der Waals surface area (Å²) in [6.07, 6.45) is 17.5. The Morgan fingerprint density at radius 1 is 1.03 bits per heavy atom. The van der Waals surface area contributed by atoms with Crippen LogP contribution in [0.5, 0.6) is 0 Å². The molecule has 0 heterocycles. The maximum Gasteiger partial charge on any atom is 0.133 e. The predicted molar refractivity (Wildman–Crippen MR) is 127 cm³/mol. The average molecular weight is 413 g/mol. The normalized spacial score (nSPS) is 44.1. The molecular weight excluding hydrogens is 364 g/mol. The lowest BCUT2D eigenvalue weighted by Crippen LogP contribution is -2.50. The van der Waals surface area contributed by atoms with Gasteiger partial charge in [-0.3, -0.25) is 4.79 Å². The Labute approximate surface area is 186 Å². The van der Waals surface area contributed by atoms with Crippen LogP contribution in [0.4, 0.5) is 0 Å². The number of Topliss-reactive ketones (excluding diaryl/α,β-unsaturated/α-hetero) is 1. The zero-order valence-corrected chi connectivity index (χ0v) is 20.8. The Morgan fingerprint density at radius 3 is 2.50 bits per heavy atom. The van der Waals surface area contributed by atoms with Gasteiger partial charge >= 0.3 is 0 Å². The first-order chi connectivity index (χ1) is 14.2. The van der Waals surface area contributed by atoms with Gasteiger partial charge in [0.2, 0.25) is 0 Å². The van der Waals surface area contributed by atoms with Crippen molar-refractivity contribution < 1.29 is 4.79 Å². The van der Waals surface area contributed by atoms with Crippen molar-refractivity contribution in [2.75, 3.05) is 0 Å². The van der Waals surface area contributed by atoms with E-state index in [4.69, 9.17) is 0 Å². The van der Waals surface area contributed by atoms with Crippen molar-refractivity contribution in [3.8, 4) is 0 Å². The van der Waals surface area contributed by atoms with Crippen LogP contribution in [0.25, 0.3) is 0 Å². The molecule has 0 aromatic heterocycles. The second-order valence-corrected chi connectivity index (χ2v) is 12.8. The molecule has 4 rings (SSSR count). The summed E-state index contributed by atoms with van der Waals surface area (Å²) in [6, 6.07) is 0. The molecule has 0 radical (unpaired) electrons. The van der Waals surface area contributed by atoms with Gasteiger partial charge in [0.1, 0.15) is 5.78 Å². The van der Waals surface area contributed by atoms with E-state index in [0.29, 0.717) is 22.5 Å². The molecule has 8 atom stereocenters. The first kappa shape index (κ1) is 22.6. The molecule has 0 N–H and O–H groups in total. The number of carbonyl (C=O) groups excluding carboxylic acids is 1.